The van der Waals surface area contributed by atoms with E-state index >= 15 is 0 Å². The van der Waals surface area contributed by atoms with Gasteiger partial charge in [-0.05, 0) is 74.4 Å². The quantitative estimate of drug-likeness (QED) is 0.227. The Morgan fingerprint density at radius 1 is 0.903 bits per heavy atom. The molecule has 0 aliphatic carbocycles. The van der Waals surface area contributed by atoms with Gasteiger partial charge in [-0.3, -0.25) is 0 Å². The van der Waals surface area contributed by atoms with Crippen LogP contribution in [0.4, 0.5) is 0 Å². The standard InChI is InChI=1S/C25H34O5Si/c1-4-28-31(29-5-2,30-6-3)19-8-7-10-21-13-16-23(17-14-21)24-12-9-11-22(20-24)15-18-25(26)27/h9,11-18,20H,4-8,10,19H2,1-3H3,(H,26,27)/b18-15+. The van der Waals surface area contributed by atoms with Gasteiger partial charge in [-0.25, -0.2) is 4.79 Å². The Morgan fingerprint density at radius 3 is 2.13 bits per heavy atom. The van der Waals surface area contributed by atoms with Gasteiger partial charge < -0.3 is 18.4 Å². The van der Waals surface area contributed by atoms with Gasteiger partial charge >= 0.3 is 14.8 Å². The summed E-state index contributed by atoms with van der Waals surface area (Å²) in [5.41, 5.74) is 4.35. The van der Waals surface area contributed by atoms with Crippen LogP contribution in [0.25, 0.3) is 17.2 Å². The normalized spacial score (nSPS) is 11.8. The Bertz CT molecular complexity index is 815. The maximum absolute atomic E-state index is 10.7. The Balaban J connectivity index is 1.93. The second kappa shape index (κ2) is 13.2. The highest BCUT2D eigenvalue weighted by atomic mass is 28.4. The van der Waals surface area contributed by atoms with E-state index in [-0.39, 0.29) is 0 Å². The summed E-state index contributed by atoms with van der Waals surface area (Å²) in [7, 11) is -2.55. The summed E-state index contributed by atoms with van der Waals surface area (Å²) in [4.78, 5) is 10.7. The summed E-state index contributed by atoms with van der Waals surface area (Å²) < 4.78 is 17.8. The number of carboxylic acid groups (broad SMARTS) is 1. The molecule has 0 aliphatic rings. The Kier molecular flexibility index (Phi) is 10.7. The van der Waals surface area contributed by atoms with E-state index in [1.165, 1.54) is 5.56 Å². The minimum atomic E-state index is -2.55. The third kappa shape index (κ3) is 8.42. The Hall–Kier alpha value is -2.25. The van der Waals surface area contributed by atoms with Crippen molar-refractivity contribution < 1.29 is 23.2 Å². The van der Waals surface area contributed by atoms with Crippen molar-refractivity contribution in [3.05, 3.63) is 65.7 Å². The van der Waals surface area contributed by atoms with Crippen LogP contribution < -0.4 is 0 Å². The van der Waals surface area contributed by atoms with Gasteiger partial charge in [0.1, 0.15) is 0 Å². The Morgan fingerprint density at radius 2 is 1.55 bits per heavy atom. The Labute approximate surface area is 187 Å². The number of aliphatic carboxylic acids is 1. The number of hydrogen-bond donors (Lipinski definition) is 1. The van der Waals surface area contributed by atoms with Gasteiger partial charge in [0.2, 0.25) is 0 Å². The predicted octanol–water partition coefficient (Wildman–Crippen LogP) is 5.82. The van der Waals surface area contributed by atoms with E-state index in [0.717, 1.165) is 48.1 Å². The monoisotopic (exact) mass is 442 g/mol. The molecule has 0 aliphatic heterocycles. The minimum Gasteiger partial charge on any atom is -0.478 e. The number of rotatable bonds is 14. The van der Waals surface area contributed by atoms with Crippen LogP contribution in [0.2, 0.25) is 6.04 Å². The van der Waals surface area contributed by atoms with Crippen LogP contribution in [-0.2, 0) is 24.5 Å². The molecule has 0 unspecified atom stereocenters. The fraction of sp³-hybridized carbons (Fsp3) is 0.400. The molecule has 0 heterocycles. The smallest absolute Gasteiger partial charge is 0.478 e. The highest BCUT2D eigenvalue weighted by Gasteiger charge is 2.39. The molecule has 0 radical (unpaired) electrons. The van der Waals surface area contributed by atoms with Gasteiger partial charge in [-0.2, -0.15) is 0 Å². The molecule has 2 rings (SSSR count). The summed E-state index contributed by atoms with van der Waals surface area (Å²) in [6, 6.07) is 17.3. The van der Waals surface area contributed by atoms with Crippen LogP contribution in [0.15, 0.2) is 54.6 Å². The molecular weight excluding hydrogens is 408 g/mol. The molecule has 168 valence electrons. The number of carboxylic acids is 1. The van der Waals surface area contributed by atoms with Crippen molar-refractivity contribution >= 4 is 20.8 Å². The van der Waals surface area contributed by atoms with Crippen LogP contribution >= 0.6 is 0 Å². The molecule has 0 bridgehead atoms. The minimum absolute atomic E-state index is 0.612. The molecule has 2 aromatic carbocycles. The van der Waals surface area contributed by atoms with Crippen LogP contribution in [0.1, 0.15) is 44.7 Å². The van der Waals surface area contributed by atoms with E-state index < -0.39 is 14.8 Å². The van der Waals surface area contributed by atoms with E-state index in [4.69, 9.17) is 18.4 Å². The average Bonchev–Trinajstić information content (AvgIpc) is 2.76. The molecule has 0 aromatic heterocycles. The highest BCUT2D eigenvalue weighted by molar-refractivity contribution is 6.60. The highest BCUT2D eigenvalue weighted by Crippen LogP contribution is 2.23. The van der Waals surface area contributed by atoms with E-state index in [1.807, 2.05) is 45.0 Å². The summed E-state index contributed by atoms with van der Waals surface area (Å²) >= 11 is 0. The van der Waals surface area contributed by atoms with E-state index in [2.05, 4.69) is 24.3 Å². The number of carbonyl (C=O) groups is 1. The molecular formula is C25H34O5Si. The fourth-order valence-corrected chi connectivity index (χ4v) is 6.21. The molecule has 2 aromatic rings. The number of hydrogen-bond acceptors (Lipinski definition) is 4. The first-order valence-electron chi connectivity index (χ1n) is 11.0. The predicted molar refractivity (Wildman–Crippen MR) is 127 cm³/mol. The fourth-order valence-electron chi connectivity index (χ4n) is 3.53. The topological polar surface area (TPSA) is 65.0 Å². The first-order chi connectivity index (χ1) is 15.0. The molecule has 5 nitrogen and oxygen atoms in total. The van der Waals surface area contributed by atoms with E-state index in [0.29, 0.717) is 19.8 Å². The second-order valence-corrected chi connectivity index (χ2v) is 9.92. The summed E-state index contributed by atoms with van der Waals surface area (Å²) in [6.45, 7) is 7.79. The van der Waals surface area contributed by atoms with Gasteiger partial charge in [0.15, 0.2) is 0 Å². The number of aryl methyl sites for hydroxylation is 1. The molecule has 0 saturated heterocycles. The average molecular weight is 443 g/mol. The molecule has 6 heteroatoms. The third-order valence-corrected chi connectivity index (χ3v) is 8.03. The summed E-state index contributed by atoms with van der Waals surface area (Å²) in [5.74, 6) is -0.946. The van der Waals surface area contributed by atoms with Gasteiger partial charge in [0, 0.05) is 31.9 Å². The lowest BCUT2D eigenvalue weighted by Crippen LogP contribution is -2.45. The maximum atomic E-state index is 10.7. The largest absolute Gasteiger partial charge is 0.500 e. The van der Waals surface area contributed by atoms with Crippen molar-refractivity contribution in [2.24, 2.45) is 0 Å². The van der Waals surface area contributed by atoms with Crippen LogP contribution in [0.5, 0.6) is 0 Å². The second-order valence-electron chi connectivity index (χ2n) is 7.18. The van der Waals surface area contributed by atoms with Crippen LogP contribution in [0.3, 0.4) is 0 Å². The lowest BCUT2D eigenvalue weighted by molar-refractivity contribution is -0.131. The molecule has 31 heavy (non-hydrogen) atoms. The molecule has 1 N–H and O–H groups in total. The number of benzene rings is 2. The van der Waals surface area contributed by atoms with Crippen molar-refractivity contribution in [1.29, 1.82) is 0 Å². The third-order valence-electron chi connectivity index (χ3n) is 4.88. The first kappa shape index (κ1) is 25.0. The van der Waals surface area contributed by atoms with Gasteiger partial charge in [0.25, 0.3) is 0 Å². The molecule has 0 atom stereocenters. The molecule has 0 fully saturated rings. The lowest BCUT2D eigenvalue weighted by atomic mass is 10.00. The zero-order valence-electron chi connectivity index (χ0n) is 18.8. The zero-order chi connectivity index (χ0) is 22.5. The molecule has 0 amide bonds. The van der Waals surface area contributed by atoms with Crippen molar-refractivity contribution in [2.45, 2.75) is 46.1 Å². The van der Waals surface area contributed by atoms with Crippen LogP contribution in [0, 0.1) is 0 Å². The van der Waals surface area contributed by atoms with Crippen molar-refractivity contribution in [3.63, 3.8) is 0 Å². The van der Waals surface area contributed by atoms with Crippen LogP contribution in [-0.4, -0.2) is 39.7 Å². The van der Waals surface area contributed by atoms with Gasteiger partial charge in [0.05, 0.1) is 0 Å². The van der Waals surface area contributed by atoms with Crippen molar-refractivity contribution in [2.75, 3.05) is 19.8 Å². The van der Waals surface area contributed by atoms with Crippen molar-refractivity contribution in [3.8, 4) is 11.1 Å². The number of unbranched alkanes of at least 4 members (excludes halogenated alkanes) is 1. The molecule has 0 saturated carbocycles. The lowest BCUT2D eigenvalue weighted by Gasteiger charge is -2.28. The summed E-state index contributed by atoms with van der Waals surface area (Å²) in [6.07, 6.45) is 5.82. The summed E-state index contributed by atoms with van der Waals surface area (Å²) in [5, 5.41) is 8.80. The van der Waals surface area contributed by atoms with Gasteiger partial charge in [-0.15, -0.1) is 0 Å². The molecule has 0 spiro atoms. The maximum Gasteiger partial charge on any atom is 0.500 e. The van der Waals surface area contributed by atoms with E-state index in [1.54, 1.807) is 6.08 Å². The zero-order valence-corrected chi connectivity index (χ0v) is 19.8. The van der Waals surface area contributed by atoms with Crippen molar-refractivity contribution in [1.82, 2.24) is 0 Å². The van der Waals surface area contributed by atoms with Gasteiger partial charge in [-0.1, -0.05) is 42.5 Å². The van der Waals surface area contributed by atoms with E-state index in [9.17, 15) is 4.79 Å². The SMILES string of the molecule is CCO[Si](CCCCc1ccc(-c2cccc(/C=C/C(=O)O)c2)cc1)(OCC)OCC. The first-order valence-corrected chi connectivity index (χ1v) is 13.0.